The smallest absolute Gasteiger partial charge is 0.252 e. The van der Waals surface area contributed by atoms with E-state index in [1.54, 1.807) is 20.8 Å². The maximum atomic E-state index is 12.9. The van der Waals surface area contributed by atoms with Crippen molar-refractivity contribution < 1.29 is 17.7 Å². The van der Waals surface area contributed by atoms with Gasteiger partial charge in [-0.05, 0) is 33.6 Å². The zero-order chi connectivity index (χ0) is 17.3. The normalized spacial score (nSPS) is 19.7. The van der Waals surface area contributed by atoms with Crippen LogP contribution in [-0.4, -0.2) is 52.3 Å². The number of aromatic nitrogens is 4. The molecule has 1 aliphatic rings. The maximum Gasteiger partial charge on any atom is 0.252 e. The Labute approximate surface area is 140 Å². The van der Waals surface area contributed by atoms with Gasteiger partial charge >= 0.3 is 0 Å². The molecule has 0 aromatic carbocycles. The lowest BCUT2D eigenvalue weighted by Gasteiger charge is -2.31. The molecule has 10 heteroatoms. The Morgan fingerprint density at radius 2 is 2.17 bits per heavy atom. The third kappa shape index (κ3) is 3.35. The van der Waals surface area contributed by atoms with Gasteiger partial charge in [-0.3, -0.25) is 5.10 Å². The predicted octanol–water partition coefficient (Wildman–Crippen LogP) is 1.09. The van der Waals surface area contributed by atoms with E-state index in [9.17, 15) is 8.42 Å². The van der Waals surface area contributed by atoms with Crippen LogP contribution in [0.15, 0.2) is 9.42 Å². The maximum absolute atomic E-state index is 12.9. The monoisotopic (exact) mass is 355 g/mol. The number of rotatable bonds is 5. The van der Waals surface area contributed by atoms with E-state index >= 15 is 0 Å². The fourth-order valence-electron chi connectivity index (χ4n) is 2.90. The second kappa shape index (κ2) is 6.61. The molecule has 0 amide bonds. The number of aryl methyl sites for hydroxylation is 3. The Hall–Kier alpha value is -1.78. The SMILES string of the molecule is Cc1noc(CO[C@H]2CCCN(S(=O)(=O)c3c(C)n[nH]c3C)C2)n1. The molecule has 2 aromatic rings. The van der Waals surface area contributed by atoms with E-state index in [4.69, 9.17) is 9.26 Å². The molecular weight excluding hydrogens is 334 g/mol. The first kappa shape index (κ1) is 17.1. The Morgan fingerprint density at radius 3 is 2.79 bits per heavy atom. The van der Waals surface area contributed by atoms with E-state index in [-0.39, 0.29) is 17.6 Å². The van der Waals surface area contributed by atoms with Crippen molar-refractivity contribution in [2.45, 2.75) is 51.2 Å². The summed E-state index contributed by atoms with van der Waals surface area (Å²) in [5.41, 5.74) is 1.04. The third-order valence-electron chi connectivity index (χ3n) is 4.01. The van der Waals surface area contributed by atoms with E-state index in [0.29, 0.717) is 36.2 Å². The molecule has 0 aliphatic carbocycles. The van der Waals surface area contributed by atoms with E-state index in [1.807, 2.05) is 0 Å². The minimum atomic E-state index is -3.58. The highest BCUT2D eigenvalue weighted by Gasteiger charge is 2.34. The van der Waals surface area contributed by atoms with Gasteiger partial charge in [0.05, 0.1) is 17.5 Å². The average Bonchev–Trinajstić information content (AvgIpc) is 3.11. The quantitative estimate of drug-likeness (QED) is 0.853. The van der Waals surface area contributed by atoms with Gasteiger partial charge in [0.2, 0.25) is 10.0 Å². The predicted molar refractivity (Wildman–Crippen MR) is 83.7 cm³/mol. The number of ether oxygens (including phenoxy) is 1. The minimum absolute atomic E-state index is 0.184. The summed E-state index contributed by atoms with van der Waals surface area (Å²) in [6.07, 6.45) is 1.33. The fourth-order valence-corrected chi connectivity index (χ4v) is 4.74. The molecule has 0 unspecified atom stereocenters. The molecular formula is C14H21N5O4S. The number of hydrogen-bond donors (Lipinski definition) is 1. The standard InChI is InChI=1S/C14H21N5O4S/c1-9-14(10(2)17-16-9)24(20,21)19-6-4-5-12(7-19)22-8-13-15-11(3)18-23-13/h12H,4-8H2,1-3H3,(H,16,17)/t12-/m0/s1. The number of hydrogen-bond acceptors (Lipinski definition) is 7. The topological polar surface area (TPSA) is 114 Å². The van der Waals surface area contributed by atoms with Gasteiger partial charge < -0.3 is 9.26 Å². The molecule has 3 rings (SSSR count). The van der Waals surface area contributed by atoms with Crippen LogP contribution in [0, 0.1) is 20.8 Å². The Bertz CT molecular complexity index is 793. The molecule has 1 atom stereocenters. The van der Waals surface area contributed by atoms with Gasteiger partial charge in [0, 0.05) is 13.1 Å². The van der Waals surface area contributed by atoms with Crippen molar-refractivity contribution in [3.8, 4) is 0 Å². The Balaban J connectivity index is 1.69. The molecule has 132 valence electrons. The van der Waals surface area contributed by atoms with Crippen molar-refractivity contribution in [2.24, 2.45) is 0 Å². The molecule has 1 N–H and O–H groups in total. The van der Waals surface area contributed by atoms with Crippen LogP contribution in [0.2, 0.25) is 0 Å². The fraction of sp³-hybridized carbons (Fsp3) is 0.643. The molecule has 0 radical (unpaired) electrons. The summed E-state index contributed by atoms with van der Waals surface area (Å²) in [6.45, 7) is 6.10. The highest BCUT2D eigenvalue weighted by atomic mass is 32.2. The van der Waals surface area contributed by atoms with Crippen molar-refractivity contribution >= 4 is 10.0 Å². The van der Waals surface area contributed by atoms with Gasteiger partial charge in [-0.1, -0.05) is 5.16 Å². The number of nitrogens with one attached hydrogen (secondary N) is 1. The van der Waals surface area contributed by atoms with Crippen LogP contribution < -0.4 is 0 Å². The van der Waals surface area contributed by atoms with E-state index in [2.05, 4.69) is 20.3 Å². The van der Waals surface area contributed by atoms with E-state index in [1.165, 1.54) is 4.31 Å². The van der Waals surface area contributed by atoms with Crippen molar-refractivity contribution in [3.05, 3.63) is 23.1 Å². The van der Waals surface area contributed by atoms with Crippen LogP contribution >= 0.6 is 0 Å². The number of H-pyrrole nitrogens is 1. The van der Waals surface area contributed by atoms with E-state index < -0.39 is 10.0 Å². The molecule has 0 saturated carbocycles. The lowest BCUT2D eigenvalue weighted by molar-refractivity contribution is -0.00297. The first-order valence-corrected chi connectivity index (χ1v) is 9.24. The second-order valence-corrected chi connectivity index (χ2v) is 7.81. The minimum Gasteiger partial charge on any atom is -0.367 e. The molecule has 9 nitrogen and oxygen atoms in total. The number of nitrogens with zero attached hydrogens (tertiary/aromatic N) is 4. The van der Waals surface area contributed by atoms with Crippen LogP contribution in [0.5, 0.6) is 0 Å². The molecule has 1 saturated heterocycles. The largest absolute Gasteiger partial charge is 0.367 e. The second-order valence-electron chi connectivity index (χ2n) is 5.94. The summed E-state index contributed by atoms with van der Waals surface area (Å²) in [7, 11) is -3.58. The summed E-state index contributed by atoms with van der Waals surface area (Å²) in [4.78, 5) is 4.34. The summed E-state index contributed by atoms with van der Waals surface area (Å²) < 4.78 is 38.0. The van der Waals surface area contributed by atoms with Crippen LogP contribution in [0.1, 0.15) is 35.9 Å². The van der Waals surface area contributed by atoms with Crippen LogP contribution in [-0.2, 0) is 21.4 Å². The number of aromatic amines is 1. The molecule has 2 aromatic heterocycles. The first-order chi connectivity index (χ1) is 11.4. The summed E-state index contributed by atoms with van der Waals surface area (Å²) in [5, 5.41) is 10.4. The zero-order valence-corrected chi connectivity index (χ0v) is 14.8. The molecule has 1 aliphatic heterocycles. The average molecular weight is 355 g/mol. The van der Waals surface area contributed by atoms with Gasteiger partial charge in [0.25, 0.3) is 5.89 Å². The van der Waals surface area contributed by atoms with Crippen molar-refractivity contribution in [3.63, 3.8) is 0 Å². The summed E-state index contributed by atoms with van der Waals surface area (Å²) in [6, 6.07) is 0. The highest BCUT2D eigenvalue weighted by Crippen LogP contribution is 2.25. The van der Waals surface area contributed by atoms with Gasteiger partial charge in [-0.25, -0.2) is 8.42 Å². The molecule has 1 fully saturated rings. The van der Waals surface area contributed by atoms with Gasteiger partial charge in [0.1, 0.15) is 11.5 Å². The lowest BCUT2D eigenvalue weighted by Crippen LogP contribution is -2.43. The first-order valence-electron chi connectivity index (χ1n) is 7.80. The zero-order valence-electron chi connectivity index (χ0n) is 13.9. The van der Waals surface area contributed by atoms with Crippen LogP contribution in [0.4, 0.5) is 0 Å². The summed E-state index contributed by atoms with van der Waals surface area (Å²) in [5.74, 6) is 0.946. The Morgan fingerprint density at radius 1 is 1.38 bits per heavy atom. The highest BCUT2D eigenvalue weighted by molar-refractivity contribution is 7.89. The van der Waals surface area contributed by atoms with Gasteiger partial charge in [-0.2, -0.15) is 14.4 Å². The van der Waals surface area contributed by atoms with Gasteiger partial charge in [0.15, 0.2) is 5.82 Å². The number of piperidine rings is 1. The molecule has 3 heterocycles. The van der Waals surface area contributed by atoms with E-state index in [0.717, 1.165) is 12.8 Å². The van der Waals surface area contributed by atoms with Crippen LogP contribution in [0.3, 0.4) is 0 Å². The molecule has 0 spiro atoms. The van der Waals surface area contributed by atoms with Crippen LogP contribution in [0.25, 0.3) is 0 Å². The Kier molecular flexibility index (Phi) is 4.70. The molecule has 24 heavy (non-hydrogen) atoms. The van der Waals surface area contributed by atoms with Crippen molar-refractivity contribution in [1.82, 2.24) is 24.6 Å². The van der Waals surface area contributed by atoms with Crippen molar-refractivity contribution in [1.29, 1.82) is 0 Å². The lowest BCUT2D eigenvalue weighted by atomic mass is 10.1. The molecule has 0 bridgehead atoms. The summed E-state index contributed by atoms with van der Waals surface area (Å²) >= 11 is 0. The van der Waals surface area contributed by atoms with Crippen molar-refractivity contribution in [2.75, 3.05) is 13.1 Å². The number of sulfonamides is 1. The third-order valence-corrected chi connectivity index (χ3v) is 6.14. The van der Waals surface area contributed by atoms with Gasteiger partial charge in [-0.15, -0.1) is 0 Å².